The molecule has 7 heteroatoms. The predicted octanol–water partition coefficient (Wildman–Crippen LogP) is 0.853. The van der Waals surface area contributed by atoms with E-state index in [9.17, 15) is 9.59 Å². The summed E-state index contributed by atoms with van der Waals surface area (Å²) < 4.78 is 4.83. The standard InChI is InChI=1S/C14H18ClN3O3/c1-21-9-13(19)17-4-6-18(7-5-17)14(20)11-8-10(16)2-3-12(11)15/h2-3,8H,4-7,9,16H2,1H3. The number of hydrogen-bond donors (Lipinski definition) is 1. The van der Waals surface area contributed by atoms with Gasteiger partial charge in [0.05, 0.1) is 10.6 Å². The van der Waals surface area contributed by atoms with E-state index in [1.807, 2.05) is 0 Å². The number of anilines is 1. The van der Waals surface area contributed by atoms with Crippen molar-refractivity contribution in [2.75, 3.05) is 45.6 Å². The van der Waals surface area contributed by atoms with E-state index in [1.54, 1.807) is 28.0 Å². The second kappa shape index (κ2) is 6.78. The molecule has 1 heterocycles. The van der Waals surface area contributed by atoms with Gasteiger partial charge in [0.25, 0.3) is 5.91 Å². The number of nitrogens with two attached hydrogens (primary N) is 1. The molecule has 1 fully saturated rings. The zero-order valence-corrected chi connectivity index (χ0v) is 12.6. The third kappa shape index (κ3) is 3.65. The number of hydrogen-bond acceptors (Lipinski definition) is 4. The van der Waals surface area contributed by atoms with E-state index < -0.39 is 0 Å². The van der Waals surface area contributed by atoms with Crippen LogP contribution in [-0.4, -0.2) is 61.5 Å². The van der Waals surface area contributed by atoms with E-state index in [1.165, 1.54) is 7.11 Å². The van der Waals surface area contributed by atoms with Gasteiger partial charge in [0.2, 0.25) is 5.91 Å². The van der Waals surface area contributed by atoms with Crippen LogP contribution in [0.3, 0.4) is 0 Å². The highest BCUT2D eigenvalue weighted by Crippen LogP contribution is 2.21. The van der Waals surface area contributed by atoms with E-state index in [0.29, 0.717) is 42.5 Å². The lowest BCUT2D eigenvalue weighted by Crippen LogP contribution is -2.51. The molecule has 1 aliphatic heterocycles. The number of rotatable bonds is 3. The van der Waals surface area contributed by atoms with E-state index in [-0.39, 0.29) is 18.4 Å². The first-order valence-corrected chi connectivity index (χ1v) is 7.01. The Morgan fingerprint density at radius 2 is 1.86 bits per heavy atom. The number of nitrogen functional groups attached to an aromatic ring is 1. The molecule has 0 radical (unpaired) electrons. The summed E-state index contributed by atoms with van der Waals surface area (Å²) in [6.45, 7) is 2.00. The van der Waals surface area contributed by atoms with Gasteiger partial charge in [-0.15, -0.1) is 0 Å². The number of carbonyl (C=O) groups excluding carboxylic acids is 2. The maximum absolute atomic E-state index is 12.4. The Morgan fingerprint density at radius 1 is 1.24 bits per heavy atom. The SMILES string of the molecule is COCC(=O)N1CCN(C(=O)c2cc(N)ccc2Cl)CC1. The first-order chi connectivity index (χ1) is 10.0. The number of amides is 2. The van der Waals surface area contributed by atoms with Crippen LogP contribution in [0.2, 0.25) is 5.02 Å². The fourth-order valence-corrected chi connectivity index (χ4v) is 2.45. The average Bonchev–Trinajstić information content (AvgIpc) is 2.49. The van der Waals surface area contributed by atoms with Crippen molar-refractivity contribution in [3.05, 3.63) is 28.8 Å². The number of halogens is 1. The number of methoxy groups -OCH3 is 1. The number of nitrogens with zero attached hydrogens (tertiary/aromatic N) is 2. The van der Waals surface area contributed by atoms with Crippen LogP contribution in [0.15, 0.2) is 18.2 Å². The van der Waals surface area contributed by atoms with Crippen molar-refractivity contribution in [3.63, 3.8) is 0 Å². The lowest BCUT2D eigenvalue weighted by atomic mass is 10.1. The fraction of sp³-hybridized carbons (Fsp3) is 0.429. The third-order valence-corrected chi connectivity index (χ3v) is 3.74. The first-order valence-electron chi connectivity index (χ1n) is 6.64. The molecule has 0 atom stereocenters. The van der Waals surface area contributed by atoms with Crippen LogP contribution in [0, 0.1) is 0 Å². The molecule has 0 aromatic heterocycles. The summed E-state index contributed by atoms with van der Waals surface area (Å²) in [5.41, 5.74) is 6.59. The zero-order valence-electron chi connectivity index (χ0n) is 11.8. The topological polar surface area (TPSA) is 75.9 Å². The van der Waals surface area contributed by atoms with Gasteiger partial charge in [-0.1, -0.05) is 11.6 Å². The molecule has 1 aliphatic rings. The van der Waals surface area contributed by atoms with Gasteiger partial charge < -0.3 is 20.3 Å². The van der Waals surface area contributed by atoms with E-state index in [2.05, 4.69) is 0 Å². The summed E-state index contributed by atoms with van der Waals surface area (Å²) in [5, 5.41) is 0.382. The molecule has 21 heavy (non-hydrogen) atoms. The molecular formula is C14H18ClN3O3. The van der Waals surface area contributed by atoms with Gasteiger partial charge in [-0.3, -0.25) is 9.59 Å². The molecule has 1 saturated heterocycles. The molecule has 0 unspecified atom stereocenters. The molecule has 0 bridgehead atoms. The summed E-state index contributed by atoms with van der Waals surface area (Å²) in [4.78, 5) is 27.5. The van der Waals surface area contributed by atoms with E-state index >= 15 is 0 Å². The molecule has 1 aromatic carbocycles. The average molecular weight is 312 g/mol. The van der Waals surface area contributed by atoms with Crippen molar-refractivity contribution >= 4 is 29.1 Å². The molecule has 1 aromatic rings. The van der Waals surface area contributed by atoms with Crippen LogP contribution in [0.5, 0.6) is 0 Å². The van der Waals surface area contributed by atoms with Gasteiger partial charge in [-0.25, -0.2) is 0 Å². The van der Waals surface area contributed by atoms with Crippen LogP contribution in [0.1, 0.15) is 10.4 Å². The molecule has 0 saturated carbocycles. The van der Waals surface area contributed by atoms with Crippen molar-refractivity contribution in [2.24, 2.45) is 0 Å². The summed E-state index contributed by atoms with van der Waals surface area (Å²) in [7, 11) is 1.49. The van der Waals surface area contributed by atoms with Crippen LogP contribution in [0.4, 0.5) is 5.69 Å². The molecule has 114 valence electrons. The number of carbonyl (C=O) groups is 2. The Kier molecular flexibility index (Phi) is 5.03. The Labute approximate surface area is 128 Å². The molecule has 0 spiro atoms. The van der Waals surface area contributed by atoms with Gasteiger partial charge in [0, 0.05) is 39.0 Å². The Bertz CT molecular complexity index is 542. The first kappa shape index (κ1) is 15.6. The summed E-state index contributed by atoms with van der Waals surface area (Å²) in [6, 6.07) is 4.84. The monoisotopic (exact) mass is 311 g/mol. The minimum Gasteiger partial charge on any atom is -0.399 e. The van der Waals surface area contributed by atoms with Crippen molar-refractivity contribution in [1.82, 2.24) is 9.80 Å². The van der Waals surface area contributed by atoms with Gasteiger partial charge in [0.15, 0.2) is 0 Å². The van der Waals surface area contributed by atoms with Crippen molar-refractivity contribution in [2.45, 2.75) is 0 Å². The summed E-state index contributed by atoms with van der Waals surface area (Å²) in [5.74, 6) is -0.224. The molecular weight excluding hydrogens is 294 g/mol. The van der Waals surface area contributed by atoms with Gasteiger partial charge in [-0.05, 0) is 18.2 Å². The molecule has 0 aliphatic carbocycles. The second-order valence-corrected chi connectivity index (χ2v) is 5.25. The lowest BCUT2D eigenvalue weighted by Gasteiger charge is -2.34. The highest BCUT2D eigenvalue weighted by Gasteiger charge is 2.25. The van der Waals surface area contributed by atoms with Crippen LogP contribution in [0.25, 0.3) is 0 Å². The van der Waals surface area contributed by atoms with Crippen LogP contribution >= 0.6 is 11.6 Å². The van der Waals surface area contributed by atoms with Crippen molar-refractivity contribution < 1.29 is 14.3 Å². The smallest absolute Gasteiger partial charge is 0.255 e. The lowest BCUT2D eigenvalue weighted by molar-refractivity contribution is -0.136. The van der Waals surface area contributed by atoms with Gasteiger partial charge >= 0.3 is 0 Å². The number of ether oxygens (including phenoxy) is 1. The van der Waals surface area contributed by atoms with Crippen LogP contribution < -0.4 is 5.73 Å². The largest absolute Gasteiger partial charge is 0.399 e. The Balaban J connectivity index is 2.00. The Hall–Kier alpha value is -1.79. The highest BCUT2D eigenvalue weighted by molar-refractivity contribution is 6.34. The number of piperazine rings is 1. The minimum absolute atomic E-state index is 0.0633. The van der Waals surface area contributed by atoms with Crippen molar-refractivity contribution in [1.29, 1.82) is 0 Å². The van der Waals surface area contributed by atoms with E-state index in [0.717, 1.165) is 0 Å². The second-order valence-electron chi connectivity index (χ2n) is 4.85. The molecule has 2 amide bonds. The summed E-state index contributed by atoms with van der Waals surface area (Å²) >= 11 is 6.05. The molecule has 2 N–H and O–H groups in total. The predicted molar refractivity (Wildman–Crippen MR) is 80.2 cm³/mol. The normalized spacial score (nSPS) is 15.1. The zero-order chi connectivity index (χ0) is 15.4. The quantitative estimate of drug-likeness (QED) is 0.840. The van der Waals surface area contributed by atoms with Crippen molar-refractivity contribution in [3.8, 4) is 0 Å². The maximum atomic E-state index is 12.4. The van der Waals surface area contributed by atoms with Crippen LogP contribution in [-0.2, 0) is 9.53 Å². The minimum atomic E-state index is -0.161. The highest BCUT2D eigenvalue weighted by atomic mass is 35.5. The molecule has 6 nitrogen and oxygen atoms in total. The maximum Gasteiger partial charge on any atom is 0.255 e. The summed E-state index contributed by atoms with van der Waals surface area (Å²) in [6.07, 6.45) is 0. The fourth-order valence-electron chi connectivity index (χ4n) is 2.25. The number of benzene rings is 1. The van der Waals surface area contributed by atoms with E-state index in [4.69, 9.17) is 22.1 Å². The Morgan fingerprint density at radius 3 is 2.48 bits per heavy atom. The van der Waals surface area contributed by atoms with Gasteiger partial charge in [-0.2, -0.15) is 0 Å². The third-order valence-electron chi connectivity index (χ3n) is 3.41. The van der Waals surface area contributed by atoms with Gasteiger partial charge in [0.1, 0.15) is 6.61 Å². The molecule has 2 rings (SSSR count).